The molecule has 202 valence electrons. The van der Waals surface area contributed by atoms with E-state index >= 15 is 0 Å². The van der Waals surface area contributed by atoms with Crippen LogP contribution >= 0.6 is 11.8 Å². The molecule has 4 atom stereocenters. The summed E-state index contributed by atoms with van der Waals surface area (Å²) in [6.07, 6.45) is 1.73. The Morgan fingerprint density at radius 2 is 1.64 bits per heavy atom. The van der Waals surface area contributed by atoms with Crippen LogP contribution in [0.1, 0.15) is 49.4 Å². The van der Waals surface area contributed by atoms with E-state index < -0.39 is 40.8 Å². The fourth-order valence-electron chi connectivity index (χ4n) is 5.81. The van der Waals surface area contributed by atoms with Gasteiger partial charge in [-0.1, -0.05) is 54.6 Å². The second-order valence-corrected chi connectivity index (χ2v) is 12.1. The Kier molecular flexibility index (Phi) is 7.49. The van der Waals surface area contributed by atoms with Gasteiger partial charge in [0.2, 0.25) is 0 Å². The molecule has 7 heteroatoms. The Labute approximate surface area is 231 Å². The lowest BCUT2D eigenvalue weighted by atomic mass is 9.64. The summed E-state index contributed by atoms with van der Waals surface area (Å²) in [5.74, 6) is -1.29. The molecule has 1 spiro atoms. The zero-order valence-corrected chi connectivity index (χ0v) is 22.9. The molecule has 1 N–H and O–H groups in total. The maximum Gasteiger partial charge on any atom is 0.324 e. The van der Waals surface area contributed by atoms with Gasteiger partial charge in [-0.25, -0.2) is 8.78 Å². The molecular weight excluding hydrogens is 516 g/mol. The van der Waals surface area contributed by atoms with Gasteiger partial charge in [-0.05, 0) is 67.8 Å². The van der Waals surface area contributed by atoms with Gasteiger partial charge in [0.15, 0.2) is 5.78 Å². The van der Waals surface area contributed by atoms with Crippen LogP contribution in [0.3, 0.4) is 0 Å². The van der Waals surface area contributed by atoms with E-state index in [1.165, 1.54) is 24.3 Å². The number of Topliss-reactive ketones (excluding diaryl/α,β-unsaturated/α-hetero) is 1. The standard InChI is InChI=1S/C32H31F2NO3S/c1-31(2,3)38-30(37)27-26(22-12-8-14-25(34)17-22)32(28(35-27)21-10-5-4-6-11-21)19-39-18-23(29(32)36)15-20-9-7-13-24(33)16-20/h4-17,26-28,35H,18-19H2,1-3H3/b23-15+. The van der Waals surface area contributed by atoms with Crippen LogP contribution < -0.4 is 5.32 Å². The summed E-state index contributed by atoms with van der Waals surface area (Å²) in [5.41, 5.74) is 0.647. The molecule has 0 bridgehead atoms. The van der Waals surface area contributed by atoms with E-state index in [1.807, 2.05) is 30.3 Å². The number of halogens is 2. The van der Waals surface area contributed by atoms with Gasteiger partial charge in [-0.3, -0.25) is 14.9 Å². The minimum atomic E-state index is -1.13. The molecule has 4 unspecified atom stereocenters. The van der Waals surface area contributed by atoms with E-state index in [0.29, 0.717) is 28.2 Å². The van der Waals surface area contributed by atoms with Crippen LogP contribution in [0, 0.1) is 17.0 Å². The molecule has 5 rings (SSSR count). The minimum Gasteiger partial charge on any atom is -0.459 e. The van der Waals surface area contributed by atoms with Crippen LogP contribution in [0.2, 0.25) is 0 Å². The monoisotopic (exact) mass is 547 g/mol. The summed E-state index contributed by atoms with van der Waals surface area (Å²) in [6.45, 7) is 5.38. The van der Waals surface area contributed by atoms with Gasteiger partial charge in [0.1, 0.15) is 23.3 Å². The number of ketones is 1. The molecule has 0 radical (unpaired) electrons. The van der Waals surface area contributed by atoms with Gasteiger partial charge >= 0.3 is 5.97 Å². The van der Waals surface area contributed by atoms with Crippen molar-refractivity contribution in [2.75, 3.05) is 11.5 Å². The maximum atomic E-state index is 14.7. The third-order valence-corrected chi connectivity index (χ3v) is 8.45. The number of carbonyl (C=O) groups excluding carboxylic acids is 2. The molecule has 2 aliphatic heterocycles. The van der Waals surface area contributed by atoms with Crippen molar-refractivity contribution in [3.05, 3.63) is 113 Å². The first-order chi connectivity index (χ1) is 18.6. The highest BCUT2D eigenvalue weighted by Gasteiger charge is 2.63. The van der Waals surface area contributed by atoms with E-state index in [1.54, 1.807) is 62.9 Å². The Morgan fingerprint density at radius 1 is 0.974 bits per heavy atom. The van der Waals surface area contributed by atoms with Crippen LogP contribution in [0.4, 0.5) is 8.78 Å². The molecule has 4 nitrogen and oxygen atoms in total. The number of esters is 1. The normalized spacial score (nSPS) is 26.2. The maximum absolute atomic E-state index is 14.7. The van der Waals surface area contributed by atoms with Gasteiger partial charge < -0.3 is 4.74 Å². The molecule has 0 aromatic heterocycles. The minimum absolute atomic E-state index is 0.132. The Bertz CT molecular complexity index is 1420. The summed E-state index contributed by atoms with van der Waals surface area (Å²) < 4.78 is 34.4. The van der Waals surface area contributed by atoms with Crippen molar-refractivity contribution in [3.8, 4) is 0 Å². The van der Waals surface area contributed by atoms with E-state index in [9.17, 15) is 18.4 Å². The Balaban J connectivity index is 1.71. The van der Waals surface area contributed by atoms with Crippen molar-refractivity contribution in [3.63, 3.8) is 0 Å². The average molecular weight is 548 g/mol. The van der Waals surface area contributed by atoms with Gasteiger partial charge in [0.05, 0.1) is 5.41 Å². The summed E-state index contributed by atoms with van der Waals surface area (Å²) in [5, 5.41) is 3.46. The number of hydrogen-bond acceptors (Lipinski definition) is 5. The molecule has 0 aliphatic carbocycles. The highest BCUT2D eigenvalue weighted by Crippen LogP contribution is 2.58. The van der Waals surface area contributed by atoms with Gasteiger partial charge in [-0.15, -0.1) is 0 Å². The van der Waals surface area contributed by atoms with Crippen molar-refractivity contribution in [1.82, 2.24) is 5.32 Å². The van der Waals surface area contributed by atoms with Crippen LogP contribution in [0.25, 0.3) is 6.08 Å². The molecule has 2 fully saturated rings. The molecule has 2 aliphatic rings. The lowest BCUT2D eigenvalue weighted by Gasteiger charge is -2.42. The topological polar surface area (TPSA) is 55.4 Å². The number of nitrogens with one attached hydrogen (secondary N) is 1. The smallest absolute Gasteiger partial charge is 0.324 e. The van der Waals surface area contributed by atoms with Crippen molar-refractivity contribution < 1.29 is 23.1 Å². The molecule has 2 heterocycles. The zero-order chi connectivity index (χ0) is 27.8. The SMILES string of the molecule is CC(C)(C)OC(=O)C1NC(c2ccccc2)C2(CSC/C(=C\c3cccc(F)c3)C2=O)C1c1cccc(F)c1. The second-order valence-electron chi connectivity index (χ2n) is 11.1. The predicted octanol–water partition coefficient (Wildman–Crippen LogP) is 6.49. The lowest BCUT2D eigenvalue weighted by Crippen LogP contribution is -2.47. The van der Waals surface area contributed by atoms with Gasteiger partial charge in [0.25, 0.3) is 0 Å². The first-order valence-corrected chi connectivity index (χ1v) is 14.1. The van der Waals surface area contributed by atoms with Crippen LogP contribution in [0.15, 0.2) is 84.4 Å². The fraction of sp³-hybridized carbons (Fsp3) is 0.312. The zero-order valence-electron chi connectivity index (χ0n) is 22.1. The first kappa shape index (κ1) is 27.3. The van der Waals surface area contributed by atoms with E-state index in [-0.39, 0.29) is 11.6 Å². The number of ether oxygens (including phenoxy) is 1. The van der Waals surface area contributed by atoms with Gasteiger partial charge in [0, 0.05) is 29.0 Å². The number of carbonyl (C=O) groups is 2. The number of thioether (sulfide) groups is 1. The van der Waals surface area contributed by atoms with Gasteiger partial charge in [-0.2, -0.15) is 11.8 Å². The summed E-state index contributed by atoms with van der Waals surface area (Å²) >= 11 is 1.59. The molecule has 0 amide bonds. The third kappa shape index (κ3) is 5.43. The predicted molar refractivity (Wildman–Crippen MR) is 150 cm³/mol. The average Bonchev–Trinajstić information content (AvgIpc) is 3.22. The second kappa shape index (κ2) is 10.7. The highest BCUT2D eigenvalue weighted by molar-refractivity contribution is 7.99. The summed E-state index contributed by atoms with van der Waals surface area (Å²) in [6, 6.07) is 20.4. The third-order valence-electron chi connectivity index (χ3n) is 7.25. The highest BCUT2D eigenvalue weighted by atomic mass is 32.2. The van der Waals surface area contributed by atoms with Crippen LogP contribution in [-0.4, -0.2) is 34.9 Å². The molecule has 2 saturated heterocycles. The first-order valence-electron chi connectivity index (χ1n) is 13.0. The Morgan fingerprint density at radius 3 is 2.31 bits per heavy atom. The fourth-order valence-corrected chi connectivity index (χ4v) is 7.16. The summed E-state index contributed by atoms with van der Waals surface area (Å²) in [7, 11) is 0. The quantitative estimate of drug-likeness (QED) is 0.299. The van der Waals surface area contributed by atoms with Crippen molar-refractivity contribution >= 4 is 29.6 Å². The van der Waals surface area contributed by atoms with Crippen molar-refractivity contribution in [2.24, 2.45) is 5.41 Å². The van der Waals surface area contributed by atoms with Crippen molar-refractivity contribution in [1.29, 1.82) is 0 Å². The van der Waals surface area contributed by atoms with E-state index in [0.717, 1.165) is 5.56 Å². The molecule has 3 aromatic rings. The largest absolute Gasteiger partial charge is 0.459 e. The number of hydrogen-bond donors (Lipinski definition) is 1. The molecule has 3 aromatic carbocycles. The Hall–Kier alpha value is -3.29. The molecular formula is C32H31F2NO3S. The van der Waals surface area contributed by atoms with E-state index in [2.05, 4.69) is 5.32 Å². The van der Waals surface area contributed by atoms with E-state index in [4.69, 9.17) is 4.74 Å². The van der Waals surface area contributed by atoms with Crippen LogP contribution in [0.5, 0.6) is 0 Å². The lowest BCUT2D eigenvalue weighted by molar-refractivity contribution is -0.157. The molecule has 39 heavy (non-hydrogen) atoms. The van der Waals surface area contributed by atoms with Crippen LogP contribution in [-0.2, 0) is 14.3 Å². The molecule has 0 saturated carbocycles. The number of rotatable bonds is 4. The number of benzene rings is 3. The van der Waals surface area contributed by atoms with Crippen molar-refractivity contribution in [2.45, 2.75) is 44.4 Å². The summed E-state index contributed by atoms with van der Waals surface area (Å²) in [4.78, 5) is 28.4.